The van der Waals surface area contributed by atoms with E-state index in [0.717, 1.165) is 35.7 Å². The van der Waals surface area contributed by atoms with Crippen LogP contribution in [-0.2, 0) is 4.74 Å². The number of para-hydroxylation sites is 1. The molecular formula is C20H20N2O3. The first-order valence-corrected chi connectivity index (χ1v) is 8.46. The first-order chi connectivity index (χ1) is 12.3. The van der Waals surface area contributed by atoms with Gasteiger partial charge in [-0.1, -0.05) is 38.0 Å². The highest BCUT2D eigenvalue weighted by molar-refractivity contribution is 6.11. The minimum absolute atomic E-state index is 0.0168. The molecule has 0 spiro atoms. The van der Waals surface area contributed by atoms with Crippen LogP contribution in [0.15, 0.2) is 42.6 Å². The Kier molecular flexibility index (Phi) is 5.20. The summed E-state index contributed by atoms with van der Waals surface area (Å²) in [6.07, 6.45) is 4.80. The zero-order valence-corrected chi connectivity index (χ0v) is 14.2. The van der Waals surface area contributed by atoms with E-state index in [2.05, 4.69) is 6.92 Å². The third kappa shape index (κ3) is 3.43. The fourth-order valence-electron chi connectivity index (χ4n) is 2.92. The van der Waals surface area contributed by atoms with Crippen molar-refractivity contribution in [3.63, 3.8) is 0 Å². The Bertz CT molecular complexity index is 937. The average Bonchev–Trinajstić information content (AvgIpc) is 2.97. The van der Waals surface area contributed by atoms with Crippen molar-refractivity contribution in [2.45, 2.75) is 26.2 Å². The number of hydrogen-bond acceptors (Lipinski definition) is 4. The van der Waals surface area contributed by atoms with E-state index in [1.807, 2.05) is 40.8 Å². The van der Waals surface area contributed by atoms with Gasteiger partial charge in [0.05, 0.1) is 29.4 Å². The summed E-state index contributed by atoms with van der Waals surface area (Å²) in [6, 6.07) is 13.2. The maximum Gasteiger partial charge on any atom is 0.340 e. The Morgan fingerprint density at radius 2 is 2.00 bits per heavy atom. The van der Waals surface area contributed by atoms with Crippen LogP contribution in [0.3, 0.4) is 0 Å². The quantitative estimate of drug-likeness (QED) is 0.475. The summed E-state index contributed by atoms with van der Waals surface area (Å²) in [4.78, 5) is 12.6. The lowest BCUT2D eigenvalue weighted by molar-refractivity contribution is 0.0502. The molecule has 3 rings (SSSR count). The van der Waals surface area contributed by atoms with Crippen molar-refractivity contribution in [3.05, 3.63) is 48.2 Å². The lowest BCUT2D eigenvalue weighted by Crippen LogP contribution is -2.06. The van der Waals surface area contributed by atoms with Gasteiger partial charge in [0, 0.05) is 5.39 Å². The number of carbonyl (C=O) groups is 1. The maximum atomic E-state index is 12.6. The van der Waals surface area contributed by atoms with Crippen LogP contribution in [0.2, 0.25) is 0 Å². The fraction of sp³-hybridized carbons (Fsp3) is 0.300. The fourth-order valence-corrected chi connectivity index (χ4v) is 2.92. The number of esters is 1. The normalized spacial score (nSPS) is 10.7. The van der Waals surface area contributed by atoms with Gasteiger partial charge >= 0.3 is 5.97 Å². The average molecular weight is 336 g/mol. The number of nitrogens with zero attached hydrogens (tertiary/aromatic N) is 2. The van der Waals surface area contributed by atoms with Crippen molar-refractivity contribution < 1.29 is 14.3 Å². The third-order valence-electron chi connectivity index (χ3n) is 4.10. The summed E-state index contributed by atoms with van der Waals surface area (Å²) in [5, 5.41) is 9.51. The van der Waals surface area contributed by atoms with E-state index >= 15 is 0 Å². The topological polar surface area (TPSA) is 63.7 Å². The highest BCUT2D eigenvalue weighted by Gasteiger charge is 2.19. The van der Waals surface area contributed by atoms with Crippen molar-refractivity contribution >= 4 is 22.4 Å². The molecule has 5 nitrogen and oxygen atoms in total. The van der Waals surface area contributed by atoms with Gasteiger partial charge in [0.2, 0.25) is 0 Å². The standard InChI is InChI=1S/C20H20N2O3/c1-2-3-6-12-25-20(23)19-16-7-4-5-8-17(16)22-14-15(24-13-11-21)9-10-18(19)22/h4-5,7-10,14H,2-3,6,12-13H2,1H3. The summed E-state index contributed by atoms with van der Waals surface area (Å²) < 4.78 is 12.8. The Balaban J connectivity index is 2.01. The van der Waals surface area contributed by atoms with E-state index < -0.39 is 0 Å². The van der Waals surface area contributed by atoms with E-state index in [0.29, 0.717) is 17.9 Å². The molecule has 0 aliphatic rings. The van der Waals surface area contributed by atoms with Gasteiger partial charge in [-0.25, -0.2) is 4.79 Å². The van der Waals surface area contributed by atoms with Crippen LogP contribution in [0.25, 0.3) is 16.4 Å². The predicted molar refractivity (Wildman–Crippen MR) is 95.8 cm³/mol. The van der Waals surface area contributed by atoms with Crippen LogP contribution in [0.1, 0.15) is 36.5 Å². The van der Waals surface area contributed by atoms with Gasteiger partial charge in [-0.2, -0.15) is 5.26 Å². The van der Waals surface area contributed by atoms with Gasteiger partial charge in [-0.05, 0) is 24.6 Å². The van der Waals surface area contributed by atoms with Crippen molar-refractivity contribution in [1.82, 2.24) is 4.40 Å². The molecule has 0 atom stereocenters. The number of benzene rings is 1. The molecule has 0 bridgehead atoms. The van der Waals surface area contributed by atoms with Crippen LogP contribution in [0.5, 0.6) is 5.75 Å². The van der Waals surface area contributed by atoms with Crippen LogP contribution < -0.4 is 4.74 Å². The zero-order valence-electron chi connectivity index (χ0n) is 14.2. The number of aromatic nitrogens is 1. The van der Waals surface area contributed by atoms with E-state index in [9.17, 15) is 4.79 Å². The largest absolute Gasteiger partial charge is 0.477 e. The molecule has 0 radical (unpaired) electrons. The van der Waals surface area contributed by atoms with Gasteiger partial charge in [0.1, 0.15) is 11.8 Å². The molecule has 0 unspecified atom stereocenters. The highest BCUT2D eigenvalue weighted by Crippen LogP contribution is 2.29. The highest BCUT2D eigenvalue weighted by atomic mass is 16.5. The van der Waals surface area contributed by atoms with Crippen LogP contribution >= 0.6 is 0 Å². The predicted octanol–water partition coefficient (Wildman–Crippen LogP) is 4.34. The van der Waals surface area contributed by atoms with Crippen molar-refractivity contribution in [1.29, 1.82) is 5.26 Å². The summed E-state index contributed by atoms with van der Waals surface area (Å²) in [7, 11) is 0. The molecule has 1 aromatic carbocycles. The molecular weight excluding hydrogens is 316 g/mol. The van der Waals surface area contributed by atoms with Crippen LogP contribution in [-0.4, -0.2) is 23.6 Å². The SMILES string of the molecule is CCCCCOC(=O)c1c2ccccc2n2cc(OCC#N)ccc12. The molecule has 0 aliphatic heterocycles. The number of hydrogen-bond donors (Lipinski definition) is 0. The summed E-state index contributed by atoms with van der Waals surface area (Å²) in [6.45, 7) is 2.53. The molecule has 0 aliphatic carbocycles. The van der Waals surface area contributed by atoms with Gasteiger partial charge in [-0.15, -0.1) is 0 Å². The number of fused-ring (bicyclic) bond motifs is 3. The van der Waals surface area contributed by atoms with E-state index in [4.69, 9.17) is 14.7 Å². The summed E-state index contributed by atoms with van der Waals surface area (Å²) >= 11 is 0. The number of unbranched alkanes of at least 4 members (excludes halogenated alkanes) is 2. The number of nitriles is 1. The molecule has 25 heavy (non-hydrogen) atoms. The van der Waals surface area contributed by atoms with Gasteiger partial charge in [-0.3, -0.25) is 0 Å². The molecule has 0 amide bonds. The second-order valence-electron chi connectivity index (χ2n) is 5.80. The zero-order chi connectivity index (χ0) is 17.6. The molecule has 0 N–H and O–H groups in total. The van der Waals surface area contributed by atoms with Crippen molar-refractivity contribution in [2.24, 2.45) is 0 Å². The van der Waals surface area contributed by atoms with E-state index in [-0.39, 0.29) is 12.6 Å². The monoisotopic (exact) mass is 336 g/mol. The lowest BCUT2D eigenvalue weighted by atomic mass is 10.1. The second kappa shape index (κ2) is 7.71. The summed E-state index contributed by atoms with van der Waals surface area (Å²) in [5.74, 6) is 0.276. The van der Waals surface area contributed by atoms with Gasteiger partial charge in [0.25, 0.3) is 0 Å². The Morgan fingerprint density at radius 3 is 2.80 bits per heavy atom. The van der Waals surface area contributed by atoms with Crippen LogP contribution in [0.4, 0.5) is 0 Å². The molecule has 0 saturated carbocycles. The molecule has 2 aromatic heterocycles. The molecule has 128 valence electrons. The molecule has 0 saturated heterocycles. The molecule has 0 fully saturated rings. The van der Waals surface area contributed by atoms with Gasteiger partial charge in [0.15, 0.2) is 6.61 Å². The second-order valence-corrected chi connectivity index (χ2v) is 5.80. The van der Waals surface area contributed by atoms with Crippen molar-refractivity contribution in [2.75, 3.05) is 13.2 Å². The number of pyridine rings is 1. The minimum atomic E-state index is -0.305. The number of rotatable bonds is 7. The Labute approximate surface area is 146 Å². The Hall–Kier alpha value is -3.00. The lowest BCUT2D eigenvalue weighted by Gasteiger charge is -2.05. The van der Waals surface area contributed by atoms with Crippen molar-refractivity contribution in [3.8, 4) is 11.8 Å². The smallest absolute Gasteiger partial charge is 0.340 e. The van der Waals surface area contributed by atoms with Crippen LogP contribution in [0, 0.1) is 11.3 Å². The summed E-state index contributed by atoms with van der Waals surface area (Å²) in [5.41, 5.74) is 2.24. The molecule has 3 aromatic rings. The minimum Gasteiger partial charge on any atom is -0.477 e. The molecule has 2 heterocycles. The van der Waals surface area contributed by atoms with E-state index in [1.54, 1.807) is 12.3 Å². The maximum absolute atomic E-state index is 12.6. The Morgan fingerprint density at radius 1 is 1.16 bits per heavy atom. The first-order valence-electron chi connectivity index (χ1n) is 8.46. The number of carbonyl (C=O) groups excluding carboxylic acids is 1. The van der Waals surface area contributed by atoms with Gasteiger partial charge < -0.3 is 13.9 Å². The molecule has 5 heteroatoms. The number of ether oxygens (including phenoxy) is 2. The van der Waals surface area contributed by atoms with E-state index in [1.165, 1.54) is 0 Å². The third-order valence-corrected chi connectivity index (χ3v) is 4.10. The first kappa shape index (κ1) is 16.8.